The van der Waals surface area contributed by atoms with Crippen LogP contribution in [0.15, 0.2) is 45.3 Å². The Morgan fingerprint density at radius 3 is 2.95 bits per heavy atom. The maximum absolute atomic E-state index is 12.4. The molecule has 2 heterocycles. The Morgan fingerprint density at radius 1 is 1.40 bits per heavy atom. The van der Waals surface area contributed by atoms with Gasteiger partial charge >= 0.3 is 0 Å². The second kappa shape index (κ2) is 4.87. The average molecular weight is 372 g/mol. The molecule has 104 valence electrons. The van der Waals surface area contributed by atoms with Gasteiger partial charge in [0.05, 0.1) is 22.0 Å². The number of halogens is 1. The van der Waals surface area contributed by atoms with Crippen molar-refractivity contribution >= 4 is 47.8 Å². The first-order chi connectivity index (χ1) is 9.45. The molecular weight excluding hydrogens is 362 g/mol. The Kier molecular flexibility index (Phi) is 3.31. The van der Waals surface area contributed by atoms with Crippen LogP contribution in [0.1, 0.15) is 5.69 Å². The Hall–Kier alpha value is -1.38. The number of hydrogen-bond acceptors (Lipinski definition) is 5. The van der Waals surface area contributed by atoms with Crippen molar-refractivity contribution in [2.24, 2.45) is 0 Å². The summed E-state index contributed by atoms with van der Waals surface area (Å²) in [5, 5.41) is 1.90. The van der Waals surface area contributed by atoms with Crippen molar-refractivity contribution in [2.45, 2.75) is 10.6 Å². The van der Waals surface area contributed by atoms with Crippen molar-refractivity contribution in [3.05, 3.63) is 46.1 Å². The molecule has 8 heteroatoms. The molecule has 0 radical (unpaired) electrons. The van der Waals surface area contributed by atoms with E-state index in [1.165, 1.54) is 17.4 Å². The highest BCUT2D eigenvalue weighted by atomic mass is 79.9. The summed E-state index contributed by atoms with van der Waals surface area (Å²) in [5.41, 5.74) is 6.52. The second-order valence-electron chi connectivity index (χ2n) is 4.27. The van der Waals surface area contributed by atoms with Crippen LogP contribution in [-0.4, -0.2) is 17.8 Å². The van der Waals surface area contributed by atoms with Gasteiger partial charge in [-0.3, -0.25) is 4.40 Å². The molecule has 1 aromatic carbocycles. The molecule has 0 atom stereocenters. The van der Waals surface area contributed by atoms with Crippen LogP contribution in [0.4, 0.5) is 5.69 Å². The number of rotatable bonds is 3. The monoisotopic (exact) mass is 371 g/mol. The van der Waals surface area contributed by atoms with Crippen molar-refractivity contribution in [1.82, 2.24) is 9.38 Å². The molecule has 0 spiro atoms. The number of nitrogens with zero attached hydrogens (tertiary/aromatic N) is 2. The lowest BCUT2D eigenvalue weighted by Crippen LogP contribution is -2.08. The fourth-order valence-corrected chi connectivity index (χ4v) is 4.54. The Bertz CT molecular complexity index is 855. The summed E-state index contributed by atoms with van der Waals surface area (Å²) < 4.78 is 27.3. The van der Waals surface area contributed by atoms with E-state index in [0.717, 1.165) is 4.96 Å². The fraction of sp³-hybridized carbons (Fsp3) is 0.0833. The number of benzene rings is 1. The molecule has 2 aromatic heterocycles. The lowest BCUT2D eigenvalue weighted by molar-refractivity contribution is 0.595. The van der Waals surface area contributed by atoms with Gasteiger partial charge in [0.2, 0.25) is 0 Å². The minimum absolute atomic E-state index is 0.128. The van der Waals surface area contributed by atoms with Gasteiger partial charge < -0.3 is 5.73 Å². The highest BCUT2D eigenvalue weighted by Gasteiger charge is 2.20. The maximum Gasteiger partial charge on any atom is 0.193 e. The van der Waals surface area contributed by atoms with Crippen LogP contribution >= 0.6 is 27.3 Å². The fourth-order valence-electron chi connectivity index (χ4n) is 1.90. The Morgan fingerprint density at radius 2 is 2.20 bits per heavy atom. The largest absolute Gasteiger partial charge is 0.398 e. The zero-order chi connectivity index (χ0) is 14.3. The van der Waals surface area contributed by atoms with E-state index < -0.39 is 9.84 Å². The molecule has 3 rings (SSSR count). The average Bonchev–Trinajstić information content (AvgIpc) is 2.92. The molecule has 0 aliphatic carbocycles. The van der Waals surface area contributed by atoms with Crippen molar-refractivity contribution in [3.8, 4) is 0 Å². The van der Waals surface area contributed by atoms with Crippen molar-refractivity contribution in [1.29, 1.82) is 0 Å². The van der Waals surface area contributed by atoms with Gasteiger partial charge in [0.1, 0.15) is 0 Å². The molecule has 2 N–H and O–H groups in total. The first kappa shape index (κ1) is 13.6. The molecule has 0 unspecified atom stereocenters. The number of imidazole rings is 1. The highest BCUT2D eigenvalue weighted by Crippen LogP contribution is 2.26. The van der Waals surface area contributed by atoms with E-state index in [1.807, 2.05) is 11.6 Å². The molecule has 3 aromatic rings. The zero-order valence-corrected chi connectivity index (χ0v) is 13.4. The molecule has 0 fully saturated rings. The molecule has 0 saturated heterocycles. The summed E-state index contributed by atoms with van der Waals surface area (Å²) in [6.07, 6.45) is 3.56. The van der Waals surface area contributed by atoms with Crippen LogP contribution < -0.4 is 5.73 Å². The summed E-state index contributed by atoms with van der Waals surface area (Å²) in [5.74, 6) is -0.165. The number of thiazole rings is 1. The van der Waals surface area contributed by atoms with Crippen LogP contribution in [0, 0.1) is 0 Å². The third-order valence-electron chi connectivity index (χ3n) is 2.79. The number of sulfone groups is 1. The molecule has 5 nitrogen and oxygen atoms in total. The first-order valence-electron chi connectivity index (χ1n) is 5.64. The van der Waals surface area contributed by atoms with E-state index in [-0.39, 0.29) is 16.3 Å². The van der Waals surface area contributed by atoms with Gasteiger partial charge in [-0.15, -0.1) is 11.3 Å². The van der Waals surface area contributed by atoms with E-state index in [4.69, 9.17) is 5.73 Å². The molecule has 0 amide bonds. The predicted octanol–water partition coefficient (Wildman–Crippen LogP) is 2.71. The maximum atomic E-state index is 12.4. The van der Waals surface area contributed by atoms with Gasteiger partial charge in [-0.2, -0.15) is 0 Å². The number of hydrogen-bond donors (Lipinski definition) is 1. The van der Waals surface area contributed by atoms with E-state index >= 15 is 0 Å². The molecular formula is C12H10BrN3O2S2. The zero-order valence-electron chi connectivity index (χ0n) is 10.2. The van der Waals surface area contributed by atoms with E-state index in [0.29, 0.717) is 10.2 Å². The van der Waals surface area contributed by atoms with E-state index in [9.17, 15) is 8.42 Å². The predicted molar refractivity (Wildman–Crippen MR) is 82.5 cm³/mol. The SMILES string of the molecule is Nc1ccc(Br)cc1S(=O)(=O)Cc1cn2ccsc2n1. The van der Waals surface area contributed by atoms with Crippen molar-refractivity contribution in [2.75, 3.05) is 5.73 Å². The molecule has 0 aliphatic heterocycles. The van der Waals surface area contributed by atoms with Crippen molar-refractivity contribution in [3.63, 3.8) is 0 Å². The molecule has 0 bridgehead atoms. The lowest BCUT2D eigenvalue weighted by atomic mass is 10.3. The van der Waals surface area contributed by atoms with Gasteiger partial charge in [0.25, 0.3) is 0 Å². The highest BCUT2D eigenvalue weighted by molar-refractivity contribution is 9.10. The van der Waals surface area contributed by atoms with E-state index in [1.54, 1.807) is 22.7 Å². The van der Waals surface area contributed by atoms with Gasteiger partial charge in [-0.05, 0) is 18.2 Å². The van der Waals surface area contributed by atoms with Gasteiger partial charge in [0.15, 0.2) is 14.8 Å². The van der Waals surface area contributed by atoms with Crippen LogP contribution in [0.25, 0.3) is 4.96 Å². The number of fused-ring (bicyclic) bond motifs is 1. The summed E-state index contributed by atoms with van der Waals surface area (Å²) in [6, 6.07) is 4.80. The summed E-state index contributed by atoms with van der Waals surface area (Å²) in [6.45, 7) is 0. The van der Waals surface area contributed by atoms with Crippen LogP contribution in [0.3, 0.4) is 0 Å². The normalized spacial score (nSPS) is 12.1. The summed E-state index contributed by atoms with van der Waals surface area (Å²) in [4.78, 5) is 5.19. The number of nitrogen functional groups attached to an aromatic ring is 1. The van der Waals surface area contributed by atoms with Crippen LogP contribution in [-0.2, 0) is 15.6 Å². The quantitative estimate of drug-likeness (QED) is 0.718. The van der Waals surface area contributed by atoms with Gasteiger partial charge in [-0.1, -0.05) is 15.9 Å². The first-order valence-corrected chi connectivity index (χ1v) is 8.97. The topological polar surface area (TPSA) is 77.5 Å². The third-order valence-corrected chi connectivity index (χ3v) is 5.76. The van der Waals surface area contributed by atoms with Gasteiger partial charge in [-0.25, -0.2) is 13.4 Å². The van der Waals surface area contributed by atoms with Crippen molar-refractivity contribution < 1.29 is 8.42 Å². The number of anilines is 1. The van der Waals surface area contributed by atoms with Gasteiger partial charge in [0, 0.05) is 22.2 Å². The smallest absolute Gasteiger partial charge is 0.193 e. The van der Waals surface area contributed by atoms with Crippen LogP contribution in [0.5, 0.6) is 0 Å². The Balaban J connectivity index is 1.99. The molecule has 0 aliphatic rings. The van der Waals surface area contributed by atoms with E-state index in [2.05, 4.69) is 20.9 Å². The number of aromatic nitrogens is 2. The standard InChI is InChI=1S/C12H10BrN3O2S2/c13-8-1-2-10(14)11(5-8)20(17,18)7-9-6-16-3-4-19-12(16)15-9/h1-6H,7,14H2. The minimum Gasteiger partial charge on any atom is -0.398 e. The molecule has 20 heavy (non-hydrogen) atoms. The summed E-state index contributed by atoms with van der Waals surface area (Å²) >= 11 is 4.72. The minimum atomic E-state index is -3.52. The third kappa shape index (κ3) is 2.46. The second-order valence-corrected chi connectivity index (χ2v) is 8.01. The Labute approximate surface area is 128 Å². The summed E-state index contributed by atoms with van der Waals surface area (Å²) in [7, 11) is -3.52. The van der Waals surface area contributed by atoms with Crippen LogP contribution in [0.2, 0.25) is 0 Å². The molecule has 0 saturated carbocycles. The lowest BCUT2D eigenvalue weighted by Gasteiger charge is -2.06. The number of nitrogens with two attached hydrogens (primary N) is 1.